The normalized spacial score (nSPS) is 12.9. The highest BCUT2D eigenvalue weighted by Gasteiger charge is 2.37. The first-order valence-electron chi connectivity index (χ1n) is 11.3. The summed E-state index contributed by atoms with van der Waals surface area (Å²) in [4.78, 5) is -4.06. The van der Waals surface area contributed by atoms with Gasteiger partial charge in [0.05, 0.1) is 0 Å². The van der Waals surface area contributed by atoms with Gasteiger partial charge >= 0.3 is 0 Å². The average molecular weight is 537 g/mol. The van der Waals surface area contributed by atoms with Crippen LogP contribution in [0.5, 0.6) is 0 Å². The highest BCUT2D eigenvalue weighted by atomic mass is 32.2. The summed E-state index contributed by atoms with van der Waals surface area (Å²) in [5, 5.41) is -0.224. The Morgan fingerprint density at radius 2 is 0.971 bits per heavy atom. The average Bonchev–Trinajstić information content (AvgIpc) is 2.71. The molecule has 12 heteroatoms. The standard InChI is InChI=1S/C22H32O9S3/c1-2-3-4-5-6-7-8-9-10-11-15-18-17-14-12-13-16-19(17)21(33(26,27)28)22(34(29,30)31)20(18)32(23,24)25/h12-14,16H,2-11,15H2,1H3,(H,23,24,25)(H,26,27,28)(H,29,30,31). The monoisotopic (exact) mass is 536 g/mol. The molecule has 0 aliphatic rings. The van der Waals surface area contributed by atoms with Gasteiger partial charge in [0, 0.05) is 5.39 Å². The number of unbranched alkanes of at least 4 members (excludes halogenated alkanes) is 9. The third-order valence-electron chi connectivity index (χ3n) is 5.74. The Morgan fingerprint density at radius 3 is 1.41 bits per heavy atom. The van der Waals surface area contributed by atoms with E-state index < -0.39 is 45.0 Å². The third-order valence-corrected chi connectivity index (χ3v) is 8.83. The molecular weight excluding hydrogens is 504 g/mol. The van der Waals surface area contributed by atoms with E-state index in [2.05, 4.69) is 6.92 Å². The highest BCUT2D eigenvalue weighted by molar-refractivity contribution is 7.90. The van der Waals surface area contributed by atoms with E-state index in [0.717, 1.165) is 25.7 Å². The van der Waals surface area contributed by atoms with Crippen molar-refractivity contribution < 1.29 is 38.9 Å². The summed E-state index contributed by atoms with van der Waals surface area (Å²) in [5.74, 6) is 0. The number of aryl methyl sites for hydroxylation is 1. The lowest BCUT2D eigenvalue weighted by Gasteiger charge is -2.18. The van der Waals surface area contributed by atoms with Crippen LogP contribution in [-0.4, -0.2) is 38.9 Å². The first kappa shape index (κ1) is 28.7. The molecule has 2 rings (SSSR count). The third kappa shape index (κ3) is 7.46. The van der Waals surface area contributed by atoms with Gasteiger partial charge in [-0.1, -0.05) is 89.0 Å². The summed E-state index contributed by atoms with van der Waals surface area (Å²) in [5.41, 5.74) is -0.127. The zero-order valence-corrected chi connectivity index (χ0v) is 21.6. The molecule has 2 aromatic rings. The zero-order chi connectivity index (χ0) is 25.6. The van der Waals surface area contributed by atoms with Gasteiger partial charge in [0.15, 0.2) is 0 Å². The summed E-state index contributed by atoms with van der Waals surface area (Å²) in [6.07, 6.45) is 10.1. The fourth-order valence-electron chi connectivity index (χ4n) is 4.23. The molecule has 0 bridgehead atoms. The second-order valence-electron chi connectivity index (χ2n) is 8.37. The molecular formula is C22H32O9S3. The lowest BCUT2D eigenvalue weighted by molar-refractivity contribution is 0.455. The smallest absolute Gasteiger partial charge is 0.282 e. The van der Waals surface area contributed by atoms with Crippen molar-refractivity contribution in [2.75, 3.05) is 0 Å². The van der Waals surface area contributed by atoms with Crippen molar-refractivity contribution in [3.05, 3.63) is 29.8 Å². The van der Waals surface area contributed by atoms with Gasteiger partial charge in [0.2, 0.25) is 0 Å². The van der Waals surface area contributed by atoms with E-state index in [4.69, 9.17) is 0 Å². The Kier molecular flexibility index (Phi) is 10.0. The molecule has 0 aliphatic heterocycles. The second kappa shape index (κ2) is 11.9. The van der Waals surface area contributed by atoms with Gasteiger partial charge in [-0.3, -0.25) is 13.7 Å². The number of hydrogen-bond acceptors (Lipinski definition) is 6. The van der Waals surface area contributed by atoms with E-state index in [9.17, 15) is 38.9 Å². The molecule has 0 spiro atoms. The van der Waals surface area contributed by atoms with Gasteiger partial charge in [0.25, 0.3) is 30.4 Å². The van der Waals surface area contributed by atoms with Crippen LogP contribution in [0.3, 0.4) is 0 Å². The molecule has 0 saturated heterocycles. The van der Waals surface area contributed by atoms with E-state index >= 15 is 0 Å². The maximum Gasteiger partial charge on any atom is 0.297 e. The largest absolute Gasteiger partial charge is 0.297 e. The SMILES string of the molecule is CCCCCCCCCCCCc1c(S(=O)(=O)O)c(S(=O)(=O)O)c(S(=O)(=O)O)c2ccccc12. The second-order valence-corrected chi connectivity index (χ2v) is 12.4. The Hall–Kier alpha value is -1.57. The first-order valence-corrected chi connectivity index (χ1v) is 15.6. The Labute approximate surface area is 201 Å². The number of fused-ring (bicyclic) bond motifs is 1. The van der Waals surface area contributed by atoms with E-state index in [-0.39, 0.29) is 22.8 Å². The van der Waals surface area contributed by atoms with Gasteiger partial charge in [-0.25, -0.2) is 0 Å². The van der Waals surface area contributed by atoms with Crippen molar-refractivity contribution in [2.45, 2.75) is 92.2 Å². The van der Waals surface area contributed by atoms with Gasteiger partial charge in [-0.15, -0.1) is 0 Å². The number of benzene rings is 2. The number of rotatable bonds is 14. The van der Waals surface area contributed by atoms with E-state index in [1.54, 1.807) is 0 Å². The van der Waals surface area contributed by atoms with Gasteiger partial charge in [-0.05, 0) is 23.8 Å². The topological polar surface area (TPSA) is 163 Å². The summed E-state index contributed by atoms with van der Waals surface area (Å²) >= 11 is 0. The quantitative estimate of drug-likeness (QED) is 0.221. The van der Waals surface area contributed by atoms with Gasteiger partial charge in [0.1, 0.15) is 14.7 Å². The van der Waals surface area contributed by atoms with Crippen LogP contribution < -0.4 is 0 Å². The predicted molar refractivity (Wildman–Crippen MR) is 129 cm³/mol. The molecule has 0 aliphatic carbocycles. The van der Waals surface area contributed by atoms with E-state index in [0.29, 0.717) is 12.8 Å². The van der Waals surface area contributed by atoms with Crippen molar-refractivity contribution in [1.29, 1.82) is 0 Å². The maximum absolute atomic E-state index is 12.2. The molecule has 192 valence electrons. The first-order chi connectivity index (χ1) is 15.8. The molecule has 0 fully saturated rings. The molecule has 9 nitrogen and oxygen atoms in total. The fraction of sp³-hybridized carbons (Fsp3) is 0.545. The fourth-order valence-corrected chi connectivity index (χ4v) is 7.91. The van der Waals surface area contributed by atoms with Crippen LogP contribution in [0.1, 0.15) is 76.7 Å². The molecule has 2 aromatic carbocycles. The summed E-state index contributed by atoms with van der Waals surface area (Å²) < 4.78 is 102. The van der Waals surface area contributed by atoms with Crippen LogP contribution in [-0.2, 0) is 36.8 Å². The van der Waals surface area contributed by atoms with Crippen molar-refractivity contribution >= 4 is 41.1 Å². The van der Waals surface area contributed by atoms with Gasteiger partial charge in [-0.2, -0.15) is 25.3 Å². The molecule has 34 heavy (non-hydrogen) atoms. The van der Waals surface area contributed by atoms with Crippen LogP contribution in [0.4, 0.5) is 0 Å². The number of hydrogen-bond donors (Lipinski definition) is 3. The van der Waals surface area contributed by atoms with E-state index in [1.807, 2.05) is 0 Å². The van der Waals surface area contributed by atoms with Crippen molar-refractivity contribution in [3.8, 4) is 0 Å². The van der Waals surface area contributed by atoms with Crippen molar-refractivity contribution in [1.82, 2.24) is 0 Å². The van der Waals surface area contributed by atoms with Crippen molar-refractivity contribution in [3.63, 3.8) is 0 Å². The summed E-state index contributed by atoms with van der Waals surface area (Å²) in [7, 11) is -16.1. The minimum Gasteiger partial charge on any atom is -0.282 e. The van der Waals surface area contributed by atoms with Crippen LogP contribution >= 0.6 is 0 Å². The minimum atomic E-state index is -5.48. The molecule has 3 N–H and O–H groups in total. The molecule has 0 amide bonds. The van der Waals surface area contributed by atoms with Crippen LogP contribution in [0.25, 0.3) is 10.8 Å². The molecule has 0 saturated carbocycles. The van der Waals surface area contributed by atoms with Gasteiger partial charge < -0.3 is 0 Å². The predicted octanol–water partition coefficient (Wildman–Crippen LogP) is 5.04. The van der Waals surface area contributed by atoms with E-state index in [1.165, 1.54) is 49.9 Å². The Morgan fingerprint density at radius 1 is 0.559 bits per heavy atom. The van der Waals surface area contributed by atoms with Crippen LogP contribution in [0.15, 0.2) is 39.0 Å². The summed E-state index contributed by atoms with van der Waals surface area (Å²) in [6.45, 7) is 2.16. The molecule has 0 radical (unpaired) electrons. The lowest BCUT2D eigenvalue weighted by atomic mass is 9.98. The van der Waals surface area contributed by atoms with Crippen LogP contribution in [0.2, 0.25) is 0 Å². The van der Waals surface area contributed by atoms with Crippen LogP contribution in [0, 0.1) is 0 Å². The highest BCUT2D eigenvalue weighted by Crippen LogP contribution is 2.39. The van der Waals surface area contributed by atoms with Crippen molar-refractivity contribution in [2.24, 2.45) is 0 Å². The Balaban J connectivity index is 2.43. The Bertz CT molecular complexity index is 1310. The molecule has 0 aromatic heterocycles. The minimum absolute atomic E-state index is 0.0143. The molecule has 0 atom stereocenters. The maximum atomic E-state index is 12.2. The lowest BCUT2D eigenvalue weighted by Crippen LogP contribution is -2.17. The molecule has 0 heterocycles. The zero-order valence-electron chi connectivity index (χ0n) is 19.1. The summed E-state index contributed by atoms with van der Waals surface area (Å²) in [6, 6.07) is 5.43. The molecule has 0 unspecified atom stereocenters.